The summed E-state index contributed by atoms with van der Waals surface area (Å²) in [6.45, 7) is 0. The molecule has 0 saturated heterocycles. The highest BCUT2D eigenvalue weighted by atomic mass is 31.0. The minimum Gasteiger partial charge on any atom is -0.105 e. The van der Waals surface area contributed by atoms with E-state index in [1.54, 1.807) is 0 Å². The first-order valence-electron chi connectivity index (χ1n) is 5.68. The SMILES string of the molecule is Pc1ccccc1-c1ccc2ccccc2c1. The third-order valence-corrected chi connectivity index (χ3v) is 3.52. The van der Waals surface area contributed by atoms with Gasteiger partial charge < -0.3 is 0 Å². The molecular formula is C16H13P. The van der Waals surface area contributed by atoms with E-state index in [-0.39, 0.29) is 0 Å². The molecule has 0 nitrogen and oxygen atoms in total. The van der Waals surface area contributed by atoms with E-state index in [0.717, 1.165) is 0 Å². The van der Waals surface area contributed by atoms with Crippen molar-refractivity contribution in [3.8, 4) is 11.1 Å². The van der Waals surface area contributed by atoms with Gasteiger partial charge in [-0.1, -0.05) is 60.7 Å². The lowest BCUT2D eigenvalue weighted by Crippen LogP contribution is -1.94. The van der Waals surface area contributed by atoms with Crippen molar-refractivity contribution >= 4 is 25.3 Å². The maximum absolute atomic E-state index is 2.80. The van der Waals surface area contributed by atoms with E-state index in [1.165, 1.54) is 27.2 Å². The standard InChI is InChI=1S/C16H13P/c17-16-8-4-3-7-15(16)14-10-9-12-5-1-2-6-13(12)11-14/h1-11H,17H2. The van der Waals surface area contributed by atoms with Gasteiger partial charge in [0.25, 0.3) is 0 Å². The quantitative estimate of drug-likeness (QED) is 0.560. The van der Waals surface area contributed by atoms with Gasteiger partial charge in [0.15, 0.2) is 0 Å². The fraction of sp³-hybridized carbons (Fsp3) is 0. The topological polar surface area (TPSA) is 0 Å². The number of rotatable bonds is 1. The number of benzene rings is 3. The minimum atomic E-state index is 1.24. The Morgan fingerprint density at radius 1 is 0.647 bits per heavy atom. The number of hydrogen-bond donors (Lipinski definition) is 0. The van der Waals surface area contributed by atoms with Crippen LogP contribution in [0.3, 0.4) is 0 Å². The van der Waals surface area contributed by atoms with Crippen LogP contribution in [0.2, 0.25) is 0 Å². The molecule has 0 aromatic heterocycles. The summed E-state index contributed by atoms with van der Waals surface area (Å²) in [7, 11) is 2.80. The molecule has 1 atom stereocenters. The zero-order valence-electron chi connectivity index (χ0n) is 9.43. The Balaban J connectivity index is 2.22. The van der Waals surface area contributed by atoms with Crippen LogP contribution < -0.4 is 5.30 Å². The lowest BCUT2D eigenvalue weighted by atomic mass is 10.0. The molecule has 0 bridgehead atoms. The van der Waals surface area contributed by atoms with Gasteiger partial charge in [-0.3, -0.25) is 0 Å². The third kappa shape index (κ3) is 1.97. The summed E-state index contributed by atoms with van der Waals surface area (Å²) in [4.78, 5) is 0. The Morgan fingerprint density at radius 2 is 1.35 bits per heavy atom. The second-order valence-electron chi connectivity index (χ2n) is 4.15. The fourth-order valence-electron chi connectivity index (χ4n) is 2.12. The number of hydrogen-bond acceptors (Lipinski definition) is 0. The van der Waals surface area contributed by atoms with E-state index < -0.39 is 0 Å². The van der Waals surface area contributed by atoms with E-state index in [2.05, 4.69) is 76.0 Å². The smallest absolute Gasteiger partial charge is 0.0112 e. The lowest BCUT2D eigenvalue weighted by molar-refractivity contribution is 1.68. The zero-order chi connectivity index (χ0) is 11.7. The highest BCUT2D eigenvalue weighted by Gasteiger charge is 2.01. The maximum atomic E-state index is 2.80. The monoisotopic (exact) mass is 236 g/mol. The molecule has 0 saturated carbocycles. The van der Waals surface area contributed by atoms with Crippen molar-refractivity contribution in [2.75, 3.05) is 0 Å². The Morgan fingerprint density at radius 3 is 2.18 bits per heavy atom. The first-order chi connectivity index (χ1) is 8.34. The summed E-state index contributed by atoms with van der Waals surface area (Å²) in [6, 6.07) is 23.5. The average molecular weight is 236 g/mol. The van der Waals surface area contributed by atoms with Crippen LogP contribution in [0.1, 0.15) is 0 Å². The molecule has 0 spiro atoms. The Kier molecular flexibility index (Phi) is 2.66. The summed E-state index contributed by atoms with van der Waals surface area (Å²) in [5, 5.41) is 3.82. The van der Waals surface area contributed by atoms with Crippen LogP contribution in [0.4, 0.5) is 0 Å². The molecule has 0 amide bonds. The highest BCUT2D eigenvalue weighted by molar-refractivity contribution is 7.28. The van der Waals surface area contributed by atoms with Gasteiger partial charge in [-0.05, 0) is 33.3 Å². The van der Waals surface area contributed by atoms with Crippen LogP contribution in [0.5, 0.6) is 0 Å². The molecule has 0 aliphatic heterocycles. The Hall–Kier alpha value is -1.65. The maximum Gasteiger partial charge on any atom is -0.0112 e. The Labute approximate surface area is 104 Å². The van der Waals surface area contributed by atoms with Crippen molar-refractivity contribution < 1.29 is 0 Å². The van der Waals surface area contributed by atoms with Crippen molar-refractivity contribution in [1.29, 1.82) is 0 Å². The molecule has 1 unspecified atom stereocenters. The van der Waals surface area contributed by atoms with Gasteiger partial charge in [-0.25, -0.2) is 0 Å². The zero-order valence-corrected chi connectivity index (χ0v) is 10.6. The third-order valence-electron chi connectivity index (χ3n) is 3.02. The van der Waals surface area contributed by atoms with E-state index in [9.17, 15) is 0 Å². The van der Waals surface area contributed by atoms with Crippen LogP contribution >= 0.6 is 9.24 Å². The molecule has 3 rings (SSSR count). The van der Waals surface area contributed by atoms with Gasteiger partial charge in [-0.2, -0.15) is 0 Å². The van der Waals surface area contributed by atoms with Crippen LogP contribution in [-0.4, -0.2) is 0 Å². The minimum absolute atomic E-state index is 1.24. The summed E-state index contributed by atoms with van der Waals surface area (Å²) in [6.07, 6.45) is 0. The van der Waals surface area contributed by atoms with Crippen molar-refractivity contribution in [3.63, 3.8) is 0 Å². The van der Waals surface area contributed by atoms with Crippen LogP contribution in [-0.2, 0) is 0 Å². The summed E-state index contributed by atoms with van der Waals surface area (Å²) in [5.74, 6) is 0. The van der Waals surface area contributed by atoms with Crippen molar-refractivity contribution in [3.05, 3.63) is 66.7 Å². The first-order valence-corrected chi connectivity index (χ1v) is 6.26. The summed E-state index contributed by atoms with van der Waals surface area (Å²) >= 11 is 0. The second-order valence-corrected chi connectivity index (χ2v) is 4.77. The molecule has 0 aliphatic rings. The molecule has 1 heteroatoms. The molecule has 0 aliphatic carbocycles. The molecule has 82 valence electrons. The molecule has 0 radical (unpaired) electrons. The lowest BCUT2D eigenvalue weighted by Gasteiger charge is -2.06. The molecule has 3 aromatic rings. The second kappa shape index (κ2) is 4.31. The molecule has 0 N–H and O–H groups in total. The van der Waals surface area contributed by atoms with Crippen molar-refractivity contribution in [2.45, 2.75) is 0 Å². The van der Waals surface area contributed by atoms with Gasteiger partial charge in [0.1, 0.15) is 0 Å². The van der Waals surface area contributed by atoms with Gasteiger partial charge in [0, 0.05) is 0 Å². The van der Waals surface area contributed by atoms with Crippen LogP contribution in [0, 0.1) is 0 Å². The van der Waals surface area contributed by atoms with Crippen molar-refractivity contribution in [2.24, 2.45) is 0 Å². The van der Waals surface area contributed by atoms with E-state index in [0.29, 0.717) is 0 Å². The first kappa shape index (κ1) is 10.5. The van der Waals surface area contributed by atoms with Crippen LogP contribution in [0.25, 0.3) is 21.9 Å². The van der Waals surface area contributed by atoms with Crippen LogP contribution in [0.15, 0.2) is 66.7 Å². The predicted molar refractivity (Wildman–Crippen MR) is 78.7 cm³/mol. The van der Waals surface area contributed by atoms with Gasteiger partial charge >= 0.3 is 0 Å². The molecule has 3 aromatic carbocycles. The predicted octanol–water partition coefficient (Wildman–Crippen LogP) is 4.01. The number of fused-ring (bicyclic) bond motifs is 1. The van der Waals surface area contributed by atoms with Gasteiger partial charge in [0.05, 0.1) is 0 Å². The van der Waals surface area contributed by atoms with Gasteiger partial charge in [0.2, 0.25) is 0 Å². The average Bonchev–Trinajstić information content (AvgIpc) is 2.39. The molecule has 0 heterocycles. The fourth-order valence-corrected chi connectivity index (χ4v) is 2.49. The molecule has 17 heavy (non-hydrogen) atoms. The summed E-state index contributed by atoms with van der Waals surface area (Å²) in [5.41, 5.74) is 2.55. The normalized spacial score (nSPS) is 10.6. The largest absolute Gasteiger partial charge is 0.105 e. The van der Waals surface area contributed by atoms with E-state index in [4.69, 9.17) is 0 Å². The Bertz CT molecular complexity index is 671. The summed E-state index contributed by atoms with van der Waals surface area (Å²) < 4.78 is 0. The molecular weight excluding hydrogens is 223 g/mol. The van der Waals surface area contributed by atoms with E-state index in [1.807, 2.05) is 0 Å². The molecule has 0 fully saturated rings. The van der Waals surface area contributed by atoms with Gasteiger partial charge in [-0.15, -0.1) is 9.24 Å². The highest BCUT2D eigenvalue weighted by Crippen LogP contribution is 2.24. The van der Waals surface area contributed by atoms with Crippen molar-refractivity contribution in [1.82, 2.24) is 0 Å². The van der Waals surface area contributed by atoms with E-state index >= 15 is 0 Å².